The summed E-state index contributed by atoms with van der Waals surface area (Å²) in [6.07, 6.45) is 0.831. The molecular weight excluding hydrogens is 517 g/mol. The number of hydrogen-bond donors (Lipinski definition) is 2. The summed E-state index contributed by atoms with van der Waals surface area (Å²) in [7, 11) is 3.21. The number of ether oxygens (including phenoxy) is 2. The first-order valence-electron chi connectivity index (χ1n) is 9.99. The first-order chi connectivity index (χ1) is 14.5. The van der Waals surface area contributed by atoms with Crippen LogP contribution in [0.2, 0.25) is 0 Å². The van der Waals surface area contributed by atoms with Gasteiger partial charge in [0.05, 0.1) is 26.5 Å². The molecule has 1 atom stereocenters. The first-order valence-corrected chi connectivity index (χ1v) is 9.99. The summed E-state index contributed by atoms with van der Waals surface area (Å²) in [6.45, 7) is 4.50. The van der Waals surface area contributed by atoms with Crippen LogP contribution >= 0.6 is 24.0 Å². The quantitative estimate of drug-likeness (QED) is 0.313. The van der Waals surface area contributed by atoms with Crippen molar-refractivity contribution in [2.45, 2.75) is 25.9 Å². The van der Waals surface area contributed by atoms with E-state index in [1.165, 1.54) is 12.1 Å². The van der Waals surface area contributed by atoms with Crippen LogP contribution in [0.5, 0.6) is 11.5 Å². The van der Waals surface area contributed by atoms with Crippen LogP contribution in [0.25, 0.3) is 0 Å². The molecule has 31 heavy (non-hydrogen) atoms. The Kier molecular flexibility index (Phi) is 9.60. The monoisotopic (exact) mass is 546 g/mol. The van der Waals surface area contributed by atoms with Gasteiger partial charge in [0.1, 0.15) is 11.6 Å². The van der Waals surface area contributed by atoms with Gasteiger partial charge in [0.15, 0.2) is 17.5 Å². The van der Waals surface area contributed by atoms with Gasteiger partial charge in [0.25, 0.3) is 0 Å². The Labute approximate surface area is 199 Å². The number of anilines is 1. The lowest BCUT2D eigenvalue weighted by atomic mass is 10.2. The Balaban J connectivity index is 0.00000341. The van der Waals surface area contributed by atoms with Crippen LogP contribution in [-0.2, 0) is 6.54 Å². The third-order valence-corrected chi connectivity index (χ3v) is 4.99. The van der Waals surface area contributed by atoms with Crippen molar-refractivity contribution < 1.29 is 18.3 Å². The van der Waals surface area contributed by atoms with Crippen molar-refractivity contribution in [2.24, 2.45) is 4.99 Å². The van der Waals surface area contributed by atoms with Gasteiger partial charge in [-0.15, -0.1) is 24.0 Å². The maximum Gasteiger partial charge on any atom is 0.191 e. The van der Waals surface area contributed by atoms with E-state index in [1.807, 2.05) is 30.0 Å². The highest BCUT2D eigenvalue weighted by Crippen LogP contribution is 2.28. The maximum absolute atomic E-state index is 14.1. The number of nitrogens with one attached hydrogen (secondary N) is 2. The third kappa shape index (κ3) is 6.59. The Morgan fingerprint density at radius 2 is 1.90 bits per heavy atom. The van der Waals surface area contributed by atoms with E-state index in [0.29, 0.717) is 42.8 Å². The zero-order valence-electron chi connectivity index (χ0n) is 18.0. The largest absolute Gasteiger partial charge is 0.493 e. The van der Waals surface area contributed by atoms with Gasteiger partial charge >= 0.3 is 0 Å². The van der Waals surface area contributed by atoms with E-state index in [0.717, 1.165) is 24.6 Å². The van der Waals surface area contributed by atoms with Gasteiger partial charge in [-0.05, 0) is 43.2 Å². The number of hydrogen-bond acceptors (Lipinski definition) is 4. The highest BCUT2D eigenvalue weighted by molar-refractivity contribution is 14.0. The molecule has 1 fully saturated rings. The van der Waals surface area contributed by atoms with E-state index in [4.69, 9.17) is 9.47 Å². The van der Waals surface area contributed by atoms with Crippen LogP contribution in [0.3, 0.4) is 0 Å². The van der Waals surface area contributed by atoms with Crippen molar-refractivity contribution >= 4 is 35.6 Å². The summed E-state index contributed by atoms with van der Waals surface area (Å²) in [5.74, 6) is 0.926. The first kappa shape index (κ1) is 25.0. The minimum atomic E-state index is -0.568. The maximum atomic E-state index is 14.1. The molecule has 3 rings (SSSR count). The molecular formula is C22H29F2IN4O2. The molecule has 0 amide bonds. The predicted octanol–water partition coefficient (Wildman–Crippen LogP) is 3.93. The summed E-state index contributed by atoms with van der Waals surface area (Å²) in [4.78, 5) is 6.58. The lowest BCUT2D eigenvalue weighted by Gasteiger charge is -2.21. The average Bonchev–Trinajstić information content (AvgIpc) is 3.20. The standard InChI is InChI=1S/C22H28F2N4O2.HI/c1-4-25-22(26-13-15-5-8-20(29-2)21(11-15)30-3)27-17-9-10-28(14-17)19-7-6-16(23)12-18(19)24;/h5-8,11-12,17H,4,9-10,13-14H2,1-3H3,(H2,25,26,27);1H. The number of guanidine groups is 1. The van der Waals surface area contributed by atoms with Crippen LogP contribution in [-0.4, -0.2) is 45.9 Å². The molecule has 0 aliphatic carbocycles. The molecule has 0 spiro atoms. The topological polar surface area (TPSA) is 58.1 Å². The van der Waals surface area contributed by atoms with Gasteiger partial charge in [-0.2, -0.15) is 0 Å². The fraction of sp³-hybridized carbons (Fsp3) is 0.409. The lowest BCUT2D eigenvalue weighted by molar-refractivity contribution is 0.354. The molecule has 0 aromatic heterocycles. The summed E-state index contributed by atoms with van der Waals surface area (Å²) < 4.78 is 37.9. The van der Waals surface area contributed by atoms with Crippen molar-refractivity contribution in [3.05, 3.63) is 53.6 Å². The van der Waals surface area contributed by atoms with E-state index >= 15 is 0 Å². The number of halogens is 3. The van der Waals surface area contributed by atoms with E-state index in [2.05, 4.69) is 15.6 Å². The number of benzene rings is 2. The summed E-state index contributed by atoms with van der Waals surface area (Å²) in [6, 6.07) is 9.51. The minimum Gasteiger partial charge on any atom is -0.493 e. The molecule has 0 bridgehead atoms. The number of aliphatic imine (C=N–C) groups is 1. The van der Waals surface area contributed by atoms with Gasteiger partial charge in [0, 0.05) is 31.7 Å². The van der Waals surface area contributed by atoms with Crippen LogP contribution in [0.15, 0.2) is 41.4 Å². The third-order valence-electron chi connectivity index (χ3n) is 4.99. The Morgan fingerprint density at radius 3 is 2.58 bits per heavy atom. The molecule has 2 aromatic rings. The fourth-order valence-electron chi connectivity index (χ4n) is 3.50. The molecule has 0 radical (unpaired) electrons. The Morgan fingerprint density at radius 1 is 1.13 bits per heavy atom. The Bertz CT molecular complexity index is 898. The molecule has 6 nitrogen and oxygen atoms in total. The highest BCUT2D eigenvalue weighted by Gasteiger charge is 2.25. The number of nitrogens with zero attached hydrogens (tertiary/aromatic N) is 2. The number of methoxy groups -OCH3 is 2. The van der Waals surface area contributed by atoms with Crippen molar-refractivity contribution in [3.8, 4) is 11.5 Å². The molecule has 1 heterocycles. The van der Waals surface area contributed by atoms with Crippen molar-refractivity contribution in [1.29, 1.82) is 0 Å². The molecule has 9 heteroatoms. The molecule has 1 aliphatic rings. The Hall–Kier alpha value is -2.30. The van der Waals surface area contributed by atoms with Crippen LogP contribution in [0, 0.1) is 11.6 Å². The van der Waals surface area contributed by atoms with Gasteiger partial charge in [-0.3, -0.25) is 0 Å². The summed E-state index contributed by atoms with van der Waals surface area (Å²) >= 11 is 0. The molecule has 170 valence electrons. The van der Waals surface area contributed by atoms with Crippen molar-refractivity contribution in [3.63, 3.8) is 0 Å². The molecule has 2 aromatic carbocycles. The van der Waals surface area contributed by atoms with Crippen molar-refractivity contribution in [2.75, 3.05) is 38.8 Å². The van der Waals surface area contributed by atoms with E-state index < -0.39 is 11.6 Å². The zero-order chi connectivity index (χ0) is 21.5. The summed E-state index contributed by atoms with van der Waals surface area (Å²) in [5.41, 5.74) is 1.42. The normalized spacial score (nSPS) is 16.0. The average molecular weight is 546 g/mol. The second-order valence-corrected chi connectivity index (χ2v) is 7.06. The van der Waals surface area contributed by atoms with E-state index in [-0.39, 0.29) is 30.0 Å². The van der Waals surface area contributed by atoms with E-state index in [9.17, 15) is 8.78 Å². The van der Waals surface area contributed by atoms with Gasteiger partial charge in [0.2, 0.25) is 0 Å². The summed E-state index contributed by atoms with van der Waals surface area (Å²) in [5, 5.41) is 6.66. The SMILES string of the molecule is CCNC(=NCc1ccc(OC)c(OC)c1)NC1CCN(c2ccc(F)cc2F)C1.I. The van der Waals surface area contributed by atoms with Crippen LogP contribution in [0.4, 0.5) is 14.5 Å². The molecule has 1 aliphatic heterocycles. The van der Waals surface area contributed by atoms with Crippen LogP contribution in [0.1, 0.15) is 18.9 Å². The van der Waals surface area contributed by atoms with Gasteiger partial charge in [-0.25, -0.2) is 13.8 Å². The smallest absolute Gasteiger partial charge is 0.191 e. The predicted molar refractivity (Wildman–Crippen MR) is 130 cm³/mol. The minimum absolute atomic E-state index is 0. The molecule has 0 saturated carbocycles. The molecule has 1 unspecified atom stereocenters. The van der Waals surface area contributed by atoms with Gasteiger partial charge in [-0.1, -0.05) is 6.07 Å². The van der Waals surface area contributed by atoms with Crippen molar-refractivity contribution in [1.82, 2.24) is 10.6 Å². The zero-order valence-corrected chi connectivity index (χ0v) is 20.3. The fourth-order valence-corrected chi connectivity index (χ4v) is 3.50. The second kappa shape index (κ2) is 11.9. The number of rotatable bonds is 7. The second-order valence-electron chi connectivity index (χ2n) is 7.06. The highest BCUT2D eigenvalue weighted by atomic mass is 127. The van der Waals surface area contributed by atoms with Crippen LogP contribution < -0.4 is 25.0 Å². The van der Waals surface area contributed by atoms with E-state index in [1.54, 1.807) is 14.2 Å². The molecule has 1 saturated heterocycles. The van der Waals surface area contributed by atoms with Gasteiger partial charge < -0.3 is 25.0 Å². The molecule has 2 N–H and O–H groups in total. The lowest BCUT2D eigenvalue weighted by Crippen LogP contribution is -2.44.